The number of carbonyl (C=O) groups excluding carboxylic acids is 3. The summed E-state index contributed by atoms with van der Waals surface area (Å²) in [6.07, 6.45) is 0. The van der Waals surface area contributed by atoms with E-state index >= 15 is 0 Å². The Morgan fingerprint density at radius 3 is 2.47 bits per heavy atom. The molecule has 3 N–H and O–H groups in total. The van der Waals surface area contributed by atoms with Crippen molar-refractivity contribution < 1.29 is 33.7 Å². The quantitative estimate of drug-likeness (QED) is 0.542. The molecule has 10 heteroatoms. The Bertz CT molecular complexity index is 1070. The second-order valence-corrected chi connectivity index (χ2v) is 7.06. The summed E-state index contributed by atoms with van der Waals surface area (Å²) in [7, 11) is 1.35. The van der Waals surface area contributed by atoms with Crippen LogP contribution in [-0.2, 0) is 14.3 Å². The van der Waals surface area contributed by atoms with Crippen molar-refractivity contribution in [1.29, 1.82) is 0 Å². The van der Waals surface area contributed by atoms with Crippen LogP contribution in [-0.4, -0.2) is 43.4 Å². The number of ether oxygens (including phenoxy) is 3. The predicted molar refractivity (Wildman–Crippen MR) is 114 cm³/mol. The van der Waals surface area contributed by atoms with Gasteiger partial charge in [0.05, 0.1) is 31.0 Å². The number of phenolic OH excluding ortho intramolecular Hbond substituents is 1. The highest BCUT2D eigenvalue weighted by molar-refractivity contribution is 6.30. The largest absolute Gasteiger partial charge is 0.504 e. The first-order chi connectivity index (χ1) is 15.3. The Morgan fingerprint density at radius 2 is 1.81 bits per heavy atom. The van der Waals surface area contributed by atoms with Gasteiger partial charge in [-0.3, -0.25) is 0 Å². The number of benzene rings is 2. The number of phenols is 1. The van der Waals surface area contributed by atoms with Gasteiger partial charge in [-0.15, -0.1) is 0 Å². The molecule has 1 atom stereocenters. The van der Waals surface area contributed by atoms with Crippen molar-refractivity contribution in [3.05, 3.63) is 69.9 Å². The fourth-order valence-corrected chi connectivity index (χ4v) is 3.28. The van der Waals surface area contributed by atoms with Crippen molar-refractivity contribution >= 4 is 29.6 Å². The standard InChI is InChI=1S/C22H21ClN2O7/c1-3-31-21(28)17-15(11-32-20(27)14-5-4-6-16(30-2)19(14)26)24-22(29)25-18(17)12-7-9-13(23)10-8-12/h4-10,18,26H,3,11H2,1-2H3,(H2,24,25,29). The van der Waals surface area contributed by atoms with Crippen LogP contribution in [0.1, 0.15) is 28.9 Å². The maximum Gasteiger partial charge on any atom is 0.342 e. The van der Waals surface area contributed by atoms with E-state index in [0.717, 1.165) is 0 Å². The molecule has 0 aromatic heterocycles. The van der Waals surface area contributed by atoms with E-state index in [4.69, 9.17) is 25.8 Å². The van der Waals surface area contributed by atoms with Gasteiger partial charge in [-0.1, -0.05) is 29.8 Å². The molecule has 1 unspecified atom stereocenters. The Labute approximate surface area is 188 Å². The van der Waals surface area contributed by atoms with E-state index in [1.165, 1.54) is 25.3 Å². The smallest absolute Gasteiger partial charge is 0.342 e. The number of hydrogen-bond donors (Lipinski definition) is 3. The molecule has 1 aliphatic rings. The zero-order valence-electron chi connectivity index (χ0n) is 17.3. The third-order valence-corrected chi connectivity index (χ3v) is 4.89. The lowest BCUT2D eigenvalue weighted by Gasteiger charge is -2.29. The van der Waals surface area contributed by atoms with Gasteiger partial charge in [-0.2, -0.15) is 0 Å². The van der Waals surface area contributed by atoms with Gasteiger partial charge in [0.2, 0.25) is 0 Å². The zero-order valence-corrected chi connectivity index (χ0v) is 18.1. The van der Waals surface area contributed by atoms with Crippen LogP contribution < -0.4 is 15.4 Å². The molecule has 0 spiro atoms. The van der Waals surface area contributed by atoms with Gasteiger partial charge in [0, 0.05) is 5.02 Å². The highest BCUT2D eigenvalue weighted by Crippen LogP contribution is 2.31. The van der Waals surface area contributed by atoms with E-state index in [-0.39, 0.29) is 34.9 Å². The molecular formula is C22H21ClN2O7. The number of para-hydroxylation sites is 1. The van der Waals surface area contributed by atoms with Crippen molar-refractivity contribution in [3.8, 4) is 11.5 Å². The molecular weight excluding hydrogens is 440 g/mol. The van der Waals surface area contributed by atoms with Crippen LogP contribution in [0.2, 0.25) is 5.02 Å². The second kappa shape index (κ2) is 10.1. The van der Waals surface area contributed by atoms with Gasteiger partial charge in [-0.25, -0.2) is 14.4 Å². The third kappa shape index (κ3) is 4.94. The Kier molecular flexibility index (Phi) is 7.21. The zero-order chi connectivity index (χ0) is 23.3. The molecule has 0 bridgehead atoms. The maximum atomic E-state index is 12.7. The molecule has 1 aliphatic heterocycles. The van der Waals surface area contributed by atoms with Gasteiger partial charge < -0.3 is 30.0 Å². The fourth-order valence-electron chi connectivity index (χ4n) is 3.15. The predicted octanol–water partition coefficient (Wildman–Crippen LogP) is 3.08. The summed E-state index contributed by atoms with van der Waals surface area (Å²) in [6, 6.07) is 9.49. The van der Waals surface area contributed by atoms with E-state index in [0.29, 0.717) is 10.6 Å². The number of carbonyl (C=O) groups is 3. The number of hydrogen-bond acceptors (Lipinski definition) is 7. The van der Waals surface area contributed by atoms with Crippen LogP contribution in [0.4, 0.5) is 4.79 Å². The number of halogens is 1. The lowest BCUT2D eigenvalue weighted by molar-refractivity contribution is -0.139. The van der Waals surface area contributed by atoms with Crippen LogP contribution in [0.5, 0.6) is 11.5 Å². The van der Waals surface area contributed by atoms with Crippen molar-refractivity contribution in [2.24, 2.45) is 0 Å². The first-order valence-electron chi connectivity index (χ1n) is 9.62. The summed E-state index contributed by atoms with van der Waals surface area (Å²) in [5.41, 5.74) is 0.595. The maximum absolute atomic E-state index is 12.7. The summed E-state index contributed by atoms with van der Waals surface area (Å²) < 4.78 is 15.4. The van der Waals surface area contributed by atoms with Crippen LogP contribution in [0.25, 0.3) is 0 Å². The minimum atomic E-state index is -0.868. The summed E-state index contributed by atoms with van der Waals surface area (Å²) in [4.78, 5) is 37.5. The van der Waals surface area contributed by atoms with Crippen molar-refractivity contribution in [2.45, 2.75) is 13.0 Å². The van der Waals surface area contributed by atoms with Crippen LogP contribution >= 0.6 is 11.6 Å². The summed E-state index contributed by atoms with van der Waals surface area (Å²) in [6.45, 7) is 1.31. The third-order valence-electron chi connectivity index (χ3n) is 4.64. The second-order valence-electron chi connectivity index (χ2n) is 6.63. The lowest BCUT2D eigenvalue weighted by Crippen LogP contribution is -2.47. The Balaban J connectivity index is 1.93. The van der Waals surface area contributed by atoms with E-state index in [9.17, 15) is 19.5 Å². The highest BCUT2D eigenvalue weighted by atomic mass is 35.5. The number of aromatic hydroxyl groups is 1. The van der Waals surface area contributed by atoms with Crippen molar-refractivity contribution in [3.63, 3.8) is 0 Å². The molecule has 168 valence electrons. The fraction of sp³-hybridized carbons (Fsp3) is 0.227. The van der Waals surface area contributed by atoms with E-state index < -0.39 is 30.6 Å². The number of nitrogens with one attached hydrogen (secondary N) is 2. The molecule has 32 heavy (non-hydrogen) atoms. The Morgan fingerprint density at radius 1 is 1.09 bits per heavy atom. The topological polar surface area (TPSA) is 123 Å². The van der Waals surface area contributed by atoms with Crippen molar-refractivity contribution in [2.75, 3.05) is 20.3 Å². The number of rotatable bonds is 7. The minimum Gasteiger partial charge on any atom is -0.504 e. The molecule has 0 fully saturated rings. The van der Waals surface area contributed by atoms with Crippen LogP contribution in [0.3, 0.4) is 0 Å². The molecule has 9 nitrogen and oxygen atoms in total. The SMILES string of the molecule is CCOC(=O)C1=C(COC(=O)c2cccc(OC)c2O)NC(=O)NC1c1ccc(Cl)cc1. The molecule has 2 aromatic rings. The minimum absolute atomic E-state index is 0.0582. The number of amides is 2. The van der Waals surface area contributed by atoms with Crippen LogP contribution in [0.15, 0.2) is 53.7 Å². The molecule has 3 rings (SSSR count). The first kappa shape index (κ1) is 23.0. The molecule has 0 saturated carbocycles. The van der Waals surface area contributed by atoms with E-state index in [1.807, 2.05) is 0 Å². The molecule has 0 radical (unpaired) electrons. The van der Waals surface area contributed by atoms with Gasteiger partial charge in [-0.05, 0) is 36.8 Å². The monoisotopic (exact) mass is 460 g/mol. The normalized spacial score (nSPS) is 15.5. The average Bonchev–Trinajstić information content (AvgIpc) is 2.77. The van der Waals surface area contributed by atoms with Gasteiger partial charge in [0.25, 0.3) is 0 Å². The average molecular weight is 461 g/mol. The van der Waals surface area contributed by atoms with Gasteiger partial charge >= 0.3 is 18.0 Å². The summed E-state index contributed by atoms with van der Waals surface area (Å²) in [5.74, 6) is -1.83. The number of urea groups is 1. The molecule has 2 amide bonds. The summed E-state index contributed by atoms with van der Waals surface area (Å²) in [5, 5.41) is 15.8. The molecule has 0 saturated heterocycles. The van der Waals surface area contributed by atoms with E-state index in [2.05, 4.69) is 10.6 Å². The van der Waals surface area contributed by atoms with Crippen LogP contribution in [0, 0.1) is 0 Å². The molecule has 2 aromatic carbocycles. The number of esters is 2. The molecule has 1 heterocycles. The Hall–Kier alpha value is -3.72. The highest BCUT2D eigenvalue weighted by Gasteiger charge is 2.34. The van der Waals surface area contributed by atoms with Crippen molar-refractivity contribution in [1.82, 2.24) is 10.6 Å². The van der Waals surface area contributed by atoms with Gasteiger partial charge in [0.15, 0.2) is 11.5 Å². The lowest BCUT2D eigenvalue weighted by atomic mass is 9.95. The summed E-state index contributed by atoms with van der Waals surface area (Å²) >= 11 is 5.94. The molecule has 0 aliphatic carbocycles. The van der Waals surface area contributed by atoms with Gasteiger partial charge in [0.1, 0.15) is 12.2 Å². The number of methoxy groups -OCH3 is 1. The van der Waals surface area contributed by atoms with E-state index in [1.54, 1.807) is 31.2 Å². The first-order valence-corrected chi connectivity index (χ1v) is 9.99.